The highest BCUT2D eigenvalue weighted by Crippen LogP contribution is 2.35. The smallest absolute Gasteiger partial charge is 0.308 e. The zero-order chi connectivity index (χ0) is 19.2. The number of carbonyl (C=O) groups excluding carboxylic acids is 4. The minimum Gasteiger partial charge on any atom is -0.456 e. The van der Waals surface area contributed by atoms with Crippen molar-refractivity contribution in [1.29, 1.82) is 0 Å². The Morgan fingerprint density at radius 2 is 1.59 bits per heavy atom. The first-order valence-corrected chi connectivity index (χ1v) is 10.0. The Morgan fingerprint density at radius 1 is 1.00 bits per heavy atom. The van der Waals surface area contributed by atoms with E-state index in [1.165, 1.54) is 17.7 Å². The van der Waals surface area contributed by atoms with Gasteiger partial charge in [0.25, 0.3) is 5.91 Å². The van der Waals surface area contributed by atoms with Gasteiger partial charge in [-0.05, 0) is 25.7 Å². The van der Waals surface area contributed by atoms with Gasteiger partial charge in [-0.3, -0.25) is 24.1 Å². The Labute approximate surface area is 159 Å². The average Bonchev–Trinajstić information content (AvgIpc) is 2.84. The van der Waals surface area contributed by atoms with Crippen molar-refractivity contribution >= 4 is 23.7 Å². The van der Waals surface area contributed by atoms with Gasteiger partial charge in [0.1, 0.15) is 0 Å². The van der Waals surface area contributed by atoms with Crippen LogP contribution in [-0.4, -0.2) is 47.8 Å². The molecule has 2 atom stereocenters. The summed E-state index contributed by atoms with van der Waals surface area (Å²) >= 11 is 0. The van der Waals surface area contributed by atoms with Gasteiger partial charge in [-0.2, -0.15) is 0 Å². The van der Waals surface area contributed by atoms with Crippen LogP contribution in [0.4, 0.5) is 0 Å². The number of hydrogen-bond donors (Lipinski definition) is 1. The van der Waals surface area contributed by atoms with Crippen molar-refractivity contribution in [2.75, 3.05) is 13.2 Å². The topological polar surface area (TPSA) is 92.8 Å². The van der Waals surface area contributed by atoms with E-state index in [1.807, 2.05) is 12.2 Å². The third-order valence-electron chi connectivity index (χ3n) is 5.72. The zero-order valence-electron chi connectivity index (χ0n) is 15.7. The number of nitrogens with zero attached hydrogens (tertiary/aromatic N) is 1. The lowest BCUT2D eigenvalue weighted by Gasteiger charge is -2.16. The first-order chi connectivity index (χ1) is 13.1. The summed E-state index contributed by atoms with van der Waals surface area (Å²) in [5.41, 5.74) is 0. The molecule has 0 bridgehead atoms. The van der Waals surface area contributed by atoms with E-state index in [9.17, 15) is 19.2 Å². The number of allylic oxidation sites excluding steroid dienone is 2. The molecule has 148 valence electrons. The molecule has 1 saturated carbocycles. The van der Waals surface area contributed by atoms with Crippen molar-refractivity contribution < 1.29 is 23.9 Å². The van der Waals surface area contributed by atoms with Gasteiger partial charge in [0.2, 0.25) is 11.8 Å². The second kappa shape index (κ2) is 9.15. The molecule has 1 saturated heterocycles. The van der Waals surface area contributed by atoms with Crippen LogP contribution < -0.4 is 5.32 Å². The lowest BCUT2D eigenvalue weighted by Crippen LogP contribution is -2.38. The minimum atomic E-state index is -0.570. The average molecular weight is 376 g/mol. The molecule has 0 aromatic heterocycles. The highest BCUT2D eigenvalue weighted by atomic mass is 16.5. The predicted molar refractivity (Wildman–Crippen MR) is 97.3 cm³/mol. The third kappa shape index (κ3) is 4.96. The molecule has 1 heterocycles. The van der Waals surface area contributed by atoms with Gasteiger partial charge >= 0.3 is 5.97 Å². The Bertz CT molecular complexity index is 596. The maximum Gasteiger partial charge on any atom is 0.308 e. The van der Waals surface area contributed by atoms with Crippen LogP contribution in [0.25, 0.3) is 0 Å². The molecule has 0 radical (unpaired) electrons. The molecule has 27 heavy (non-hydrogen) atoms. The van der Waals surface area contributed by atoms with Gasteiger partial charge in [0.15, 0.2) is 6.61 Å². The maximum atomic E-state index is 12.3. The van der Waals surface area contributed by atoms with E-state index in [0.717, 1.165) is 25.7 Å². The number of fused-ring (bicyclic) bond motifs is 1. The van der Waals surface area contributed by atoms with Crippen LogP contribution in [0.3, 0.4) is 0 Å². The molecule has 2 aliphatic carbocycles. The summed E-state index contributed by atoms with van der Waals surface area (Å²) in [7, 11) is 0. The van der Waals surface area contributed by atoms with Crippen LogP contribution >= 0.6 is 0 Å². The number of ether oxygens (including phenoxy) is 1. The van der Waals surface area contributed by atoms with Crippen LogP contribution in [0.2, 0.25) is 0 Å². The third-order valence-corrected chi connectivity index (χ3v) is 5.72. The molecule has 3 rings (SSSR count). The van der Waals surface area contributed by atoms with Gasteiger partial charge in [-0.25, -0.2) is 0 Å². The monoisotopic (exact) mass is 376 g/mol. The number of likely N-dealkylation sites (tertiary alicyclic amines) is 1. The zero-order valence-corrected chi connectivity index (χ0v) is 15.7. The molecule has 3 aliphatic rings. The molecule has 7 heteroatoms. The fourth-order valence-electron chi connectivity index (χ4n) is 4.20. The van der Waals surface area contributed by atoms with Crippen LogP contribution in [0.5, 0.6) is 0 Å². The van der Waals surface area contributed by atoms with Crippen molar-refractivity contribution in [3.8, 4) is 0 Å². The molecule has 7 nitrogen and oxygen atoms in total. The lowest BCUT2D eigenvalue weighted by atomic mass is 9.85. The summed E-state index contributed by atoms with van der Waals surface area (Å²) in [6.07, 6.45) is 11.5. The van der Waals surface area contributed by atoms with Gasteiger partial charge in [0.05, 0.1) is 18.3 Å². The quantitative estimate of drug-likeness (QED) is 0.330. The predicted octanol–water partition coefficient (Wildman–Crippen LogP) is 1.71. The fourth-order valence-corrected chi connectivity index (χ4v) is 4.20. The largest absolute Gasteiger partial charge is 0.456 e. The number of rotatable bonds is 6. The molecule has 0 spiro atoms. The first-order valence-electron chi connectivity index (χ1n) is 10.0. The van der Waals surface area contributed by atoms with E-state index in [1.54, 1.807) is 0 Å². The second-order valence-electron chi connectivity index (χ2n) is 7.65. The van der Waals surface area contributed by atoms with Crippen molar-refractivity contribution in [1.82, 2.24) is 10.2 Å². The Balaban J connectivity index is 1.37. The molecular formula is C20H28N2O5. The van der Waals surface area contributed by atoms with Crippen molar-refractivity contribution in [2.45, 2.75) is 63.8 Å². The molecule has 2 fully saturated rings. The molecule has 0 aromatic carbocycles. The Morgan fingerprint density at radius 3 is 2.19 bits per heavy atom. The van der Waals surface area contributed by atoms with E-state index in [-0.39, 0.29) is 55.2 Å². The molecule has 0 aromatic rings. The lowest BCUT2D eigenvalue weighted by molar-refractivity contribution is -0.150. The van der Waals surface area contributed by atoms with E-state index in [4.69, 9.17) is 4.74 Å². The first kappa shape index (κ1) is 19.6. The number of imide groups is 1. The van der Waals surface area contributed by atoms with E-state index in [0.29, 0.717) is 12.8 Å². The summed E-state index contributed by atoms with van der Waals surface area (Å²) in [6, 6.07) is 0.162. The standard InChI is InChI=1S/C20H28N2O5/c23-17(21-14-7-3-1-2-4-8-14)13-27-18(24)11-12-22-19(25)15-9-5-6-10-16(15)20(22)26/h5-6,14-16H,1-4,7-13H2,(H,21,23)/t15-,16+. The Hall–Kier alpha value is -2.18. The molecule has 0 unspecified atom stereocenters. The molecular weight excluding hydrogens is 348 g/mol. The van der Waals surface area contributed by atoms with Crippen LogP contribution in [-0.2, 0) is 23.9 Å². The summed E-state index contributed by atoms with van der Waals surface area (Å²) in [6.45, 7) is -0.292. The van der Waals surface area contributed by atoms with Crippen LogP contribution in [0.15, 0.2) is 12.2 Å². The Kier molecular flexibility index (Phi) is 6.63. The summed E-state index contributed by atoms with van der Waals surface area (Å²) in [5, 5.41) is 2.92. The van der Waals surface area contributed by atoms with Crippen molar-refractivity contribution in [3.05, 3.63) is 12.2 Å². The van der Waals surface area contributed by atoms with Gasteiger partial charge < -0.3 is 10.1 Å². The summed E-state index contributed by atoms with van der Waals surface area (Å²) in [5.74, 6) is -1.84. The molecule has 3 amide bonds. The van der Waals surface area contributed by atoms with Crippen LogP contribution in [0.1, 0.15) is 57.8 Å². The summed E-state index contributed by atoms with van der Waals surface area (Å²) in [4.78, 5) is 49.7. The van der Waals surface area contributed by atoms with E-state index < -0.39 is 5.97 Å². The molecule has 1 N–H and O–H groups in total. The van der Waals surface area contributed by atoms with Crippen molar-refractivity contribution in [3.63, 3.8) is 0 Å². The number of esters is 1. The number of carbonyl (C=O) groups is 4. The van der Waals surface area contributed by atoms with Crippen molar-refractivity contribution in [2.24, 2.45) is 11.8 Å². The SMILES string of the molecule is O=C(COC(=O)CCN1C(=O)[C@H]2CC=CC[C@H]2C1=O)NC1CCCCCC1. The fraction of sp³-hybridized carbons (Fsp3) is 0.700. The van der Waals surface area contributed by atoms with E-state index in [2.05, 4.69) is 5.32 Å². The number of amides is 3. The highest BCUT2D eigenvalue weighted by molar-refractivity contribution is 6.05. The van der Waals surface area contributed by atoms with Gasteiger partial charge in [-0.1, -0.05) is 37.8 Å². The second-order valence-corrected chi connectivity index (χ2v) is 7.65. The minimum absolute atomic E-state index is 0.0216. The highest BCUT2D eigenvalue weighted by Gasteiger charge is 2.46. The maximum absolute atomic E-state index is 12.3. The van der Waals surface area contributed by atoms with Gasteiger partial charge in [-0.15, -0.1) is 0 Å². The van der Waals surface area contributed by atoms with E-state index >= 15 is 0 Å². The number of nitrogens with one attached hydrogen (secondary N) is 1. The van der Waals surface area contributed by atoms with Gasteiger partial charge in [0, 0.05) is 12.6 Å². The molecule has 1 aliphatic heterocycles. The van der Waals surface area contributed by atoms with Crippen LogP contribution in [0, 0.1) is 11.8 Å². The number of hydrogen-bond acceptors (Lipinski definition) is 5. The summed E-state index contributed by atoms with van der Waals surface area (Å²) < 4.78 is 5.01. The normalized spacial score (nSPS) is 25.9.